The summed E-state index contributed by atoms with van der Waals surface area (Å²) in [7, 11) is 0. The van der Waals surface area contributed by atoms with Crippen LogP contribution in [0.1, 0.15) is 51.9 Å². The van der Waals surface area contributed by atoms with Gasteiger partial charge in [0.1, 0.15) is 0 Å². The number of hydrogen-bond acceptors (Lipinski definition) is 2. The molecular weight excluding hydrogens is 230 g/mol. The van der Waals surface area contributed by atoms with E-state index < -0.39 is 5.97 Å². The Kier molecular flexibility index (Phi) is 4.25. The highest BCUT2D eigenvalue weighted by Crippen LogP contribution is 2.35. The fraction of sp³-hybridized carbons (Fsp3) is 0.857. The third kappa shape index (κ3) is 3.24. The van der Waals surface area contributed by atoms with E-state index in [2.05, 4.69) is 0 Å². The first-order valence-corrected chi connectivity index (χ1v) is 7.14. The fourth-order valence-corrected chi connectivity index (χ4v) is 3.07. The summed E-state index contributed by atoms with van der Waals surface area (Å²) in [5, 5.41) is 8.79. The van der Waals surface area contributed by atoms with Gasteiger partial charge in [-0.15, -0.1) is 0 Å². The van der Waals surface area contributed by atoms with Crippen molar-refractivity contribution in [1.29, 1.82) is 0 Å². The van der Waals surface area contributed by atoms with Crippen LogP contribution in [0.3, 0.4) is 0 Å². The van der Waals surface area contributed by atoms with Crippen molar-refractivity contribution < 1.29 is 14.7 Å². The van der Waals surface area contributed by atoms with Crippen LogP contribution in [-0.2, 0) is 9.59 Å². The average molecular weight is 253 g/mol. The van der Waals surface area contributed by atoms with Gasteiger partial charge in [0.15, 0.2) is 0 Å². The Balaban J connectivity index is 1.83. The van der Waals surface area contributed by atoms with Crippen molar-refractivity contribution in [2.24, 2.45) is 11.8 Å². The van der Waals surface area contributed by atoms with Crippen LogP contribution in [0.2, 0.25) is 0 Å². The van der Waals surface area contributed by atoms with E-state index in [9.17, 15) is 9.59 Å². The summed E-state index contributed by atoms with van der Waals surface area (Å²) in [6.45, 7) is 2.84. The van der Waals surface area contributed by atoms with E-state index >= 15 is 0 Å². The molecule has 2 aliphatic carbocycles. The topological polar surface area (TPSA) is 57.6 Å². The summed E-state index contributed by atoms with van der Waals surface area (Å²) in [6.07, 6.45) is 6.26. The molecule has 0 saturated heterocycles. The van der Waals surface area contributed by atoms with Crippen LogP contribution in [0, 0.1) is 11.8 Å². The van der Waals surface area contributed by atoms with Crippen LogP contribution in [0.25, 0.3) is 0 Å². The molecular formula is C14H23NO3. The molecule has 0 heterocycles. The van der Waals surface area contributed by atoms with Gasteiger partial charge in [-0.25, -0.2) is 0 Å². The van der Waals surface area contributed by atoms with Gasteiger partial charge in [0.05, 0.1) is 0 Å². The molecule has 0 aromatic rings. The summed E-state index contributed by atoms with van der Waals surface area (Å²) in [4.78, 5) is 24.8. The highest BCUT2D eigenvalue weighted by atomic mass is 16.4. The first kappa shape index (κ1) is 13.4. The van der Waals surface area contributed by atoms with Gasteiger partial charge in [-0.05, 0) is 51.4 Å². The standard InChI is InChI=1S/C14H23NO3/c1-2-15(14(18)11-5-6-11)12-7-3-10(4-8-12)9-13(16)17/h10-12H,2-9H2,1H3,(H,16,17)/t10-,12-. The van der Waals surface area contributed by atoms with Crippen LogP contribution in [0.4, 0.5) is 0 Å². The third-order valence-corrected chi connectivity index (χ3v) is 4.27. The molecule has 2 saturated carbocycles. The van der Waals surface area contributed by atoms with Crippen LogP contribution >= 0.6 is 0 Å². The molecule has 2 rings (SSSR count). The molecule has 18 heavy (non-hydrogen) atoms. The Hall–Kier alpha value is -1.06. The Bertz CT molecular complexity index is 317. The minimum Gasteiger partial charge on any atom is -0.481 e. The second-order valence-electron chi connectivity index (χ2n) is 5.67. The molecule has 102 valence electrons. The zero-order valence-corrected chi connectivity index (χ0v) is 11.1. The number of aliphatic carboxylic acids is 1. The number of carboxylic acid groups (broad SMARTS) is 1. The van der Waals surface area contributed by atoms with Gasteiger partial charge in [0, 0.05) is 24.9 Å². The Morgan fingerprint density at radius 2 is 1.72 bits per heavy atom. The fourth-order valence-electron chi connectivity index (χ4n) is 3.07. The number of amides is 1. The number of carbonyl (C=O) groups excluding carboxylic acids is 1. The predicted octanol–water partition coefficient (Wildman–Crippen LogP) is 2.28. The van der Waals surface area contributed by atoms with E-state index in [1.54, 1.807) is 0 Å². The number of hydrogen-bond donors (Lipinski definition) is 1. The second-order valence-corrected chi connectivity index (χ2v) is 5.67. The number of nitrogens with zero attached hydrogens (tertiary/aromatic N) is 1. The number of rotatable bonds is 5. The molecule has 0 aromatic heterocycles. The van der Waals surface area contributed by atoms with Crippen molar-refractivity contribution in [3.63, 3.8) is 0 Å². The molecule has 0 unspecified atom stereocenters. The zero-order chi connectivity index (χ0) is 13.1. The summed E-state index contributed by atoms with van der Waals surface area (Å²) < 4.78 is 0. The molecule has 0 aromatic carbocycles. The van der Waals surface area contributed by atoms with Crippen LogP contribution in [0.15, 0.2) is 0 Å². The first-order chi connectivity index (χ1) is 8.61. The minimum absolute atomic E-state index is 0.287. The van der Waals surface area contributed by atoms with Crippen molar-refractivity contribution in [2.45, 2.75) is 57.9 Å². The average Bonchev–Trinajstić information content (AvgIpc) is 3.15. The van der Waals surface area contributed by atoms with Crippen molar-refractivity contribution in [2.75, 3.05) is 6.54 Å². The molecule has 0 radical (unpaired) electrons. The molecule has 2 fully saturated rings. The highest BCUT2D eigenvalue weighted by Gasteiger charge is 2.36. The monoisotopic (exact) mass is 253 g/mol. The van der Waals surface area contributed by atoms with Crippen molar-refractivity contribution in [3.8, 4) is 0 Å². The quantitative estimate of drug-likeness (QED) is 0.817. The van der Waals surface area contributed by atoms with Gasteiger partial charge < -0.3 is 10.0 Å². The minimum atomic E-state index is -0.695. The van der Waals surface area contributed by atoms with E-state index in [-0.39, 0.29) is 6.42 Å². The maximum Gasteiger partial charge on any atom is 0.303 e. The van der Waals surface area contributed by atoms with Crippen LogP contribution in [0.5, 0.6) is 0 Å². The molecule has 4 heteroatoms. The lowest BCUT2D eigenvalue weighted by atomic mass is 9.83. The molecule has 2 aliphatic rings. The second kappa shape index (κ2) is 5.72. The lowest BCUT2D eigenvalue weighted by molar-refractivity contribution is -0.139. The van der Waals surface area contributed by atoms with Gasteiger partial charge in [0.2, 0.25) is 5.91 Å². The van der Waals surface area contributed by atoms with E-state index in [4.69, 9.17) is 5.11 Å². The Labute approximate surface area is 108 Å². The molecule has 0 atom stereocenters. The Morgan fingerprint density at radius 1 is 1.11 bits per heavy atom. The summed E-state index contributed by atoms with van der Waals surface area (Å²) in [6, 6.07) is 0.355. The van der Waals surface area contributed by atoms with Gasteiger partial charge in [-0.1, -0.05) is 0 Å². The summed E-state index contributed by atoms with van der Waals surface area (Å²) in [5.74, 6) is 0.245. The molecule has 0 aliphatic heterocycles. The lowest BCUT2D eigenvalue weighted by Gasteiger charge is -2.36. The molecule has 1 N–H and O–H groups in total. The van der Waals surface area contributed by atoms with Gasteiger partial charge in [0.25, 0.3) is 0 Å². The molecule has 0 bridgehead atoms. The molecule has 0 spiro atoms. The number of carboxylic acids is 1. The largest absolute Gasteiger partial charge is 0.481 e. The lowest BCUT2D eigenvalue weighted by Crippen LogP contribution is -2.43. The zero-order valence-electron chi connectivity index (χ0n) is 11.1. The maximum atomic E-state index is 12.1. The predicted molar refractivity (Wildman–Crippen MR) is 68.1 cm³/mol. The smallest absolute Gasteiger partial charge is 0.303 e. The highest BCUT2D eigenvalue weighted by molar-refractivity contribution is 5.81. The van der Waals surface area contributed by atoms with Crippen molar-refractivity contribution in [3.05, 3.63) is 0 Å². The SMILES string of the molecule is CCN(C(=O)C1CC1)[C@H]1CC[C@H](CC(=O)O)CC1. The van der Waals surface area contributed by atoms with Gasteiger partial charge in [-0.2, -0.15) is 0 Å². The van der Waals surface area contributed by atoms with E-state index in [0.29, 0.717) is 23.8 Å². The number of carbonyl (C=O) groups is 2. The molecule has 1 amide bonds. The molecule has 4 nitrogen and oxygen atoms in total. The van der Waals surface area contributed by atoms with Crippen molar-refractivity contribution >= 4 is 11.9 Å². The first-order valence-electron chi connectivity index (χ1n) is 7.14. The van der Waals surface area contributed by atoms with E-state index in [1.165, 1.54) is 0 Å². The van der Waals surface area contributed by atoms with Crippen LogP contribution in [-0.4, -0.2) is 34.5 Å². The van der Waals surface area contributed by atoms with Gasteiger partial charge >= 0.3 is 5.97 Å². The van der Waals surface area contributed by atoms with Gasteiger partial charge in [-0.3, -0.25) is 9.59 Å². The van der Waals surface area contributed by atoms with Crippen LogP contribution < -0.4 is 0 Å². The van der Waals surface area contributed by atoms with Crippen molar-refractivity contribution in [1.82, 2.24) is 4.90 Å². The third-order valence-electron chi connectivity index (χ3n) is 4.27. The maximum absolute atomic E-state index is 12.1. The van der Waals surface area contributed by atoms with E-state index in [1.807, 2.05) is 11.8 Å². The van der Waals surface area contributed by atoms with E-state index in [0.717, 1.165) is 45.1 Å². The summed E-state index contributed by atoms with van der Waals surface area (Å²) >= 11 is 0. The normalized spacial score (nSPS) is 27.8. The summed E-state index contributed by atoms with van der Waals surface area (Å²) in [5.41, 5.74) is 0. The Morgan fingerprint density at radius 3 is 2.17 bits per heavy atom.